The molecule has 1 aromatic heterocycles. The van der Waals surface area contributed by atoms with Crippen LogP contribution in [0.3, 0.4) is 0 Å². The zero-order valence-electron chi connectivity index (χ0n) is 22.4. The number of anilines is 2. The van der Waals surface area contributed by atoms with E-state index >= 15 is 0 Å². The number of fused-ring (bicyclic) bond motifs is 1. The number of nitrogens with zero attached hydrogens (tertiary/aromatic N) is 3. The van der Waals surface area contributed by atoms with Crippen molar-refractivity contribution in [2.45, 2.75) is 30.6 Å². The summed E-state index contributed by atoms with van der Waals surface area (Å²) in [6, 6.07) is 24.0. The van der Waals surface area contributed by atoms with Crippen molar-refractivity contribution in [1.82, 2.24) is 14.7 Å². The van der Waals surface area contributed by atoms with Gasteiger partial charge in [-0.05, 0) is 86.1 Å². The van der Waals surface area contributed by atoms with Gasteiger partial charge in [0.05, 0.1) is 10.4 Å². The summed E-state index contributed by atoms with van der Waals surface area (Å²) < 4.78 is 34.3. The zero-order valence-corrected chi connectivity index (χ0v) is 23.2. The molecule has 0 amide bonds. The number of hydrogen-bond donors (Lipinski definition) is 2. The predicted molar refractivity (Wildman–Crippen MR) is 156 cm³/mol. The number of hydrogen-bond acceptors (Lipinski definition) is 7. The third-order valence-corrected chi connectivity index (χ3v) is 8.64. The van der Waals surface area contributed by atoms with E-state index in [2.05, 4.69) is 10.0 Å². The maximum atomic E-state index is 12.9. The highest BCUT2D eigenvalue weighted by Crippen LogP contribution is 2.30. The lowest BCUT2D eigenvalue weighted by Crippen LogP contribution is -2.32. The van der Waals surface area contributed by atoms with Gasteiger partial charge in [-0.15, -0.1) is 0 Å². The Morgan fingerprint density at radius 3 is 2.10 bits per heavy atom. The van der Waals surface area contributed by atoms with Crippen LogP contribution in [0.2, 0.25) is 0 Å². The highest BCUT2D eigenvalue weighted by Gasteiger charge is 2.24. The van der Waals surface area contributed by atoms with Gasteiger partial charge in [0.15, 0.2) is 0 Å². The van der Waals surface area contributed by atoms with Crippen molar-refractivity contribution in [2.24, 2.45) is 11.8 Å². The first-order chi connectivity index (χ1) is 18.9. The maximum Gasteiger partial charge on any atom is 0.240 e. The molecule has 1 aliphatic rings. The fourth-order valence-corrected chi connectivity index (χ4v) is 6.09. The van der Waals surface area contributed by atoms with Gasteiger partial charge >= 0.3 is 0 Å². The molecule has 1 aliphatic carbocycles. The molecule has 204 valence electrons. The normalized spacial score (nSPS) is 17.6. The van der Waals surface area contributed by atoms with Crippen molar-refractivity contribution in [3.63, 3.8) is 0 Å². The molecule has 39 heavy (non-hydrogen) atoms. The molecule has 3 aromatic carbocycles. The number of ether oxygens (including phenoxy) is 1. The van der Waals surface area contributed by atoms with Gasteiger partial charge in [0.25, 0.3) is 0 Å². The Morgan fingerprint density at radius 1 is 0.795 bits per heavy atom. The highest BCUT2D eigenvalue weighted by molar-refractivity contribution is 7.89. The molecule has 0 spiro atoms. The molecule has 0 aliphatic heterocycles. The van der Waals surface area contributed by atoms with Crippen LogP contribution in [0.25, 0.3) is 10.9 Å². The Labute approximate surface area is 230 Å². The SMILES string of the molecule is CN(C)c1nc(NCC2CCC(CNS(=O)(=O)c3ccc(Oc4ccccc4)cc3)CC2)nc2ccccc12. The van der Waals surface area contributed by atoms with Crippen LogP contribution in [0.4, 0.5) is 11.8 Å². The molecule has 0 radical (unpaired) electrons. The molecular formula is C30H35N5O3S. The van der Waals surface area contributed by atoms with Crippen LogP contribution >= 0.6 is 0 Å². The average Bonchev–Trinajstić information content (AvgIpc) is 2.96. The van der Waals surface area contributed by atoms with Gasteiger partial charge in [0.1, 0.15) is 17.3 Å². The largest absolute Gasteiger partial charge is 0.457 e. The van der Waals surface area contributed by atoms with Crippen molar-refractivity contribution >= 4 is 32.7 Å². The summed E-state index contributed by atoms with van der Waals surface area (Å²) in [7, 11) is 0.403. The standard InChI is InChI=1S/C30H35N5O3S/c1-35(2)29-27-10-6-7-11-28(27)33-30(34-29)31-20-22-12-14-23(15-13-22)21-32-39(36,37)26-18-16-25(17-19-26)38-24-8-4-3-5-9-24/h3-11,16-19,22-23,32H,12-15,20-21H2,1-2H3,(H,31,33,34). The van der Waals surface area contributed by atoms with Crippen molar-refractivity contribution in [1.29, 1.82) is 0 Å². The summed E-state index contributed by atoms with van der Waals surface area (Å²) in [6.45, 7) is 1.26. The van der Waals surface area contributed by atoms with E-state index < -0.39 is 10.0 Å². The predicted octanol–water partition coefficient (Wildman–Crippen LogP) is 5.68. The Bertz CT molecular complexity index is 1490. The monoisotopic (exact) mass is 545 g/mol. The van der Waals surface area contributed by atoms with Crippen molar-refractivity contribution in [2.75, 3.05) is 37.4 Å². The minimum absolute atomic E-state index is 0.244. The smallest absolute Gasteiger partial charge is 0.240 e. The van der Waals surface area contributed by atoms with Crippen LogP contribution in [0.1, 0.15) is 25.7 Å². The second-order valence-electron chi connectivity index (χ2n) is 10.3. The van der Waals surface area contributed by atoms with Gasteiger partial charge in [-0.2, -0.15) is 4.98 Å². The number of benzene rings is 3. The molecule has 0 bridgehead atoms. The Kier molecular flexibility index (Phi) is 8.28. The van der Waals surface area contributed by atoms with Gasteiger partial charge < -0.3 is 15.0 Å². The second kappa shape index (κ2) is 12.0. The lowest BCUT2D eigenvalue weighted by molar-refractivity contribution is 0.284. The van der Waals surface area contributed by atoms with Crippen molar-refractivity contribution in [3.05, 3.63) is 78.9 Å². The summed E-state index contributed by atoms with van der Waals surface area (Å²) in [5, 5.41) is 4.48. The number of sulfonamides is 1. The van der Waals surface area contributed by atoms with E-state index in [1.807, 2.05) is 73.6 Å². The zero-order chi connectivity index (χ0) is 27.2. The van der Waals surface area contributed by atoms with Crippen LogP contribution < -0.4 is 19.7 Å². The first-order valence-corrected chi connectivity index (χ1v) is 14.9. The molecule has 0 atom stereocenters. The minimum Gasteiger partial charge on any atom is -0.457 e. The van der Waals surface area contributed by atoms with E-state index in [-0.39, 0.29) is 4.90 Å². The van der Waals surface area contributed by atoms with E-state index in [4.69, 9.17) is 14.7 Å². The summed E-state index contributed by atoms with van der Waals surface area (Å²) in [5.74, 6) is 3.69. The fourth-order valence-electron chi connectivity index (χ4n) is 4.98. The minimum atomic E-state index is -3.58. The topological polar surface area (TPSA) is 96.5 Å². The Balaban J connectivity index is 1.09. The van der Waals surface area contributed by atoms with Crippen LogP contribution in [0, 0.1) is 11.8 Å². The molecule has 9 heteroatoms. The lowest BCUT2D eigenvalue weighted by Gasteiger charge is -2.28. The Morgan fingerprint density at radius 2 is 1.41 bits per heavy atom. The number of para-hydroxylation sites is 2. The third-order valence-electron chi connectivity index (χ3n) is 7.20. The number of rotatable bonds is 10. The fraction of sp³-hybridized carbons (Fsp3) is 0.333. The number of nitrogens with one attached hydrogen (secondary N) is 2. The van der Waals surface area contributed by atoms with Gasteiger partial charge in [-0.3, -0.25) is 0 Å². The molecule has 0 saturated heterocycles. The summed E-state index contributed by atoms with van der Waals surface area (Å²) in [6.07, 6.45) is 4.05. The first kappa shape index (κ1) is 26.9. The lowest BCUT2D eigenvalue weighted by atomic mass is 9.82. The van der Waals surface area contributed by atoms with Crippen molar-refractivity contribution in [3.8, 4) is 11.5 Å². The van der Waals surface area contributed by atoms with Crippen LogP contribution in [-0.4, -0.2) is 45.6 Å². The van der Waals surface area contributed by atoms with Crippen molar-refractivity contribution < 1.29 is 13.2 Å². The average molecular weight is 546 g/mol. The molecule has 0 unspecified atom stereocenters. The summed E-state index contributed by atoms with van der Waals surface area (Å²) in [4.78, 5) is 11.7. The van der Waals surface area contributed by atoms with E-state index in [0.717, 1.165) is 48.9 Å². The quantitative estimate of drug-likeness (QED) is 0.264. The maximum absolute atomic E-state index is 12.9. The summed E-state index contributed by atoms with van der Waals surface area (Å²) >= 11 is 0. The van der Waals surface area contributed by atoms with Gasteiger partial charge in [-0.1, -0.05) is 30.3 Å². The summed E-state index contributed by atoms with van der Waals surface area (Å²) in [5.41, 5.74) is 0.924. The van der Waals surface area contributed by atoms with Crippen LogP contribution in [0.15, 0.2) is 83.8 Å². The molecule has 1 heterocycles. The Hall–Kier alpha value is -3.69. The van der Waals surface area contributed by atoms with E-state index in [1.54, 1.807) is 24.3 Å². The molecule has 1 fully saturated rings. The highest BCUT2D eigenvalue weighted by atomic mass is 32.2. The first-order valence-electron chi connectivity index (χ1n) is 13.4. The van der Waals surface area contributed by atoms with Gasteiger partial charge in [-0.25, -0.2) is 18.1 Å². The van der Waals surface area contributed by atoms with Gasteiger partial charge in [0, 0.05) is 32.6 Å². The molecule has 8 nitrogen and oxygen atoms in total. The molecular weight excluding hydrogens is 510 g/mol. The van der Waals surface area contributed by atoms with E-state index in [1.165, 1.54) is 0 Å². The third kappa shape index (κ3) is 6.85. The van der Waals surface area contributed by atoms with Crippen LogP contribution in [0.5, 0.6) is 11.5 Å². The molecule has 1 saturated carbocycles. The number of aromatic nitrogens is 2. The molecule has 2 N–H and O–H groups in total. The van der Waals surface area contributed by atoms with E-state index in [0.29, 0.717) is 35.8 Å². The van der Waals surface area contributed by atoms with Crippen LogP contribution in [-0.2, 0) is 10.0 Å². The molecule has 4 aromatic rings. The second-order valence-corrected chi connectivity index (χ2v) is 12.1. The van der Waals surface area contributed by atoms with E-state index in [9.17, 15) is 8.42 Å². The van der Waals surface area contributed by atoms with Gasteiger partial charge in [0.2, 0.25) is 16.0 Å². The molecule has 5 rings (SSSR count).